The molecule has 1 amide bonds. The fourth-order valence-corrected chi connectivity index (χ4v) is 4.48. The molecule has 1 aliphatic heterocycles. The molecule has 9 heteroatoms. The SMILES string of the molecule is COc1ccc(CN2C(=O)C(=O)/C(=C(\O)c3cccc([N+](=O)[O-])c3)C2c2cccs2)cc1. The Labute approximate surface area is 187 Å². The fourth-order valence-electron chi connectivity index (χ4n) is 3.64. The number of methoxy groups -OCH3 is 1. The highest BCUT2D eigenvalue weighted by Crippen LogP contribution is 2.42. The molecule has 0 bridgehead atoms. The predicted octanol–water partition coefficient (Wildman–Crippen LogP) is 4.29. The molecule has 1 aromatic heterocycles. The van der Waals surface area contributed by atoms with Gasteiger partial charge in [-0.3, -0.25) is 19.7 Å². The van der Waals surface area contributed by atoms with Crippen LogP contribution in [0.15, 0.2) is 71.6 Å². The average molecular weight is 450 g/mol. The van der Waals surface area contributed by atoms with E-state index in [-0.39, 0.29) is 23.4 Å². The summed E-state index contributed by atoms with van der Waals surface area (Å²) in [5.74, 6) is -1.36. The van der Waals surface area contributed by atoms with Gasteiger partial charge in [-0.1, -0.05) is 30.3 Å². The molecular formula is C23H18N2O6S. The first kappa shape index (κ1) is 21.3. The molecule has 2 heterocycles. The van der Waals surface area contributed by atoms with Crippen LogP contribution in [0.5, 0.6) is 5.75 Å². The quantitative estimate of drug-likeness (QED) is 0.197. The van der Waals surface area contributed by atoms with Gasteiger partial charge in [-0.05, 0) is 29.1 Å². The number of carbonyl (C=O) groups is 2. The molecule has 1 fully saturated rings. The van der Waals surface area contributed by atoms with E-state index < -0.39 is 28.4 Å². The van der Waals surface area contributed by atoms with Gasteiger partial charge in [0.15, 0.2) is 0 Å². The number of hydrogen-bond acceptors (Lipinski definition) is 7. The fraction of sp³-hybridized carbons (Fsp3) is 0.130. The van der Waals surface area contributed by atoms with Crippen molar-refractivity contribution in [2.45, 2.75) is 12.6 Å². The zero-order chi connectivity index (χ0) is 22.8. The number of ketones is 1. The number of non-ortho nitro benzene ring substituents is 1. The van der Waals surface area contributed by atoms with Crippen LogP contribution in [-0.2, 0) is 16.1 Å². The number of nitro groups is 1. The van der Waals surface area contributed by atoms with Gasteiger partial charge in [0.1, 0.15) is 11.5 Å². The van der Waals surface area contributed by atoms with E-state index in [4.69, 9.17) is 4.74 Å². The summed E-state index contributed by atoms with van der Waals surface area (Å²) in [5, 5.41) is 23.9. The lowest BCUT2D eigenvalue weighted by Gasteiger charge is -2.24. The van der Waals surface area contributed by atoms with Crippen molar-refractivity contribution in [2.75, 3.05) is 7.11 Å². The number of nitro benzene ring substituents is 1. The maximum Gasteiger partial charge on any atom is 0.295 e. The number of Topliss-reactive ketones (excluding diaryl/α,β-unsaturated/α-hetero) is 1. The Kier molecular flexibility index (Phi) is 5.74. The lowest BCUT2D eigenvalue weighted by Crippen LogP contribution is -2.28. The number of thiophene rings is 1. The van der Waals surface area contributed by atoms with E-state index in [1.165, 1.54) is 40.5 Å². The van der Waals surface area contributed by atoms with Crippen LogP contribution in [0.25, 0.3) is 5.76 Å². The second-order valence-electron chi connectivity index (χ2n) is 7.10. The summed E-state index contributed by atoms with van der Waals surface area (Å²) < 4.78 is 5.16. The van der Waals surface area contributed by atoms with Crippen molar-refractivity contribution >= 4 is 34.5 Å². The number of ether oxygens (including phenoxy) is 1. The number of nitrogens with zero attached hydrogens (tertiary/aromatic N) is 2. The molecule has 0 aliphatic carbocycles. The molecule has 1 atom stereocenters. The molecule has 32 heavy (non-hydrogen) atoms. The van der Waals surface area contributed by atoms with Crippen LogP contribution in [0, 0.1) is 10.1 Å². The van der Waals surface area contributed by atoms with E-state index in [1.54, 1.807) is 43.5 Å². The Hall–Kier alpha value is -3.98. The highest BCUT2D eigenvalue weighted by Gasteiger charge is 2.46. The Bertz CT molecular complexity index is 1220. The van der Waals surface area contributed by atoms with Gasteiger partial charge in [0.2, 0.25) is 0 Å². The largest absolute Gasteiger partial charge is 0.507 e. The molecule has 8 nitrogen and oxygen atoms in total. The van der Waals surface area contributed by atoms with Crippen LogP contribution in [0.2, 0.25) is 0 Å². The molecule has 1 aliphatic rings. The van der Waals surface area contributed by atoms with Gasteiger partial charge in [0.25, 0.3) is 17.4 Å². The topological polar surface area (TPSA) is 110 Å². The van der Waals surface area contributed by atoms with E-state index in [0.717, 1.165) is 5.56 Å². The molecule has 1 unspecified atom stereocenters. The summed E-state index contributed by atoms with van der Waals surface area (Å²) in [6.45, 7) is 0.142. The van der Waals surface area contributed by atoms with Crippen molar-refractivity contribution in [1.29, 1.82) is 0 Å². The van der Waals surface area contributed by atoms with Crippen LogP contribution in [-0.4, -0.2) is 33.7 Å². The third-order valence-electron chi connectivity index (χ3n) is 5.20. The molecule has 1 saturated heterocycles. The molecule has 1 N–H and O–H groups in total. The Balaban J connectivity index is 1.80. The van der Waals surface area contributed by atoms with Gasteiger partial charge >= 0.3 is 0 Å². The van der Waals surface area contributed by atoms with Crippen molar-refractivity contribution in [3.05, 3.63) is 97.7 Å². The van der Waals surface area contributed by atoms with Gasteiger partial charge < -0.3 is 14.7 Å². The summed E-state index contributed by atoms with van der Waals surface area (Å²) in [4.78, 5) is 38.6. The average Bonchev–Trinajstić information content (AvgIpc) is 3.42. The molecule has 0 saturated carbocycles. The van der Waals surface area contributed by atoms with E-state index in [2.05, 4.69) is 0 Å². The summed E-state index contributed by atoms with van der Waals surface area (Å²) in [6.07, 6.45) is 0. The van der Waals surface area contributed by atoms with Crippen LogP contribution in [0.3, 0.4) is 0 Å². The number of amides is 1. The van der Waals surface area contributed by atoms with Gasteiger partial charge in [0, 0.05) is 29.1 Å². The number of benzene rings is 2. The van der Waals surface area contributed by atoms with E-state index in [0.29, 0.717) is 10.6 Å². The maximum atomic E-state index is 13.0. The normalized spacial score (nSPS) is 17.5. The number of carbonyl (C=O) groups excluding carboxylic acids is 2. The van der Waals surface area contributed by atoms with E-state index in [1.807, 2.05) is 5.38 Å². The smallest absolute Gasteiger partial charge is 0.295 e. The molecule has 3 aromatic rings. The van der Waals surface area contributed by atoms with Gasteiger partial charge in [0.05, 0.1) is 23.6 Å². The zero-order valence-electron chi connectivity index (χ0n) is 16.9. The third kappa shape index (κ3) is 3.85. The highest BCUT2D eigenvalue weighted by atomic mass is 32.1. The minimum atomic E-state index is -0.832. The van der Waals surface area contributed by atoms with E-state index in [9.17, 15) is 24.8 Å². The Morgan fingerprint density at radius 1 is 1.16 bits per heavy atom. The standard InChI is InChI=1S/C23H18N2O6S/c1-31-17-9-7-14(8-10-17)13-24-20(18-6-3-11-32-18)19(22(27)23(24)28)21(26)15-4-2-5-16(12-15)25(29)30/h2-12,20,26H,13H2,1H3/b21-19-. The summed E-state index contributed by atoms with van der Waals surface area (Å²) in [5.41, 5.74) is 0.563. The number of likely N-dealkylation sites (tertiary alicyclic amines) is 1. The number of aliphatic hydroxyl groups excluding tert-OH is 1. The lowest BCUT2D eigenvalue weighted by atomic mass is 9.99. The number of aliphatic hydroxyl groups is 1. The number of rotatable bonds is 6. The first-order valence-corrected chi connectivity index (χ1v) is 10.5. The molecule has 0 radical (unpaired) electrons. The first-order valence-electron chi connectivity index (χ1n) is 9.60. The number of hydrogen-bond donors (Lipinski definition) is 1. The Morgan fingerprint density at radius 3 is 2.53 bits per heavy atom. The highest BCUT2D eigenvalue weighted by molar-refractivity contribution is 7.10. The molecule has 2 aromatic carbocycles. The summed E-state index contributed by atoms with van der Waals surface area (Å²) >= 11 is 1.35. The van der Waals surface area contributed by atoms with E-state index >= 15 is 0 Å². The second-order valence-corrected chi connectivity index (χ2v) is 8.08. The van der Waals surface area contributed by atoms with Crippen LogP contribution < -0.4 is 4.74 Å². The first-order chi connectivity index (χ1) is 15.4. The van der Waals surface area contributed by atoms with Crippen molar-refractivity contribution in [1.82, 2.24) is 4.90 Å². The summed E-state index contributed by atoms with van der Waals surface area (Å²) in [6, 6.07) is 15.2. The molecular weight excluding hydrogens is 432 g/mol. The van der Waals surface area contributed by atoms with Crippen molar-refractivity contribution in [2.24, 2.45) is 0 Å². The second kappa shape index (κ2) is 8.64. The van der Waals surface area contributed by atoms with Crippen molar-refractivity contribution < 1.29 is 24.4 Å². The minimum absolute atomic E-state index is 0.0912. The predicted molar refractivity (Wildman–Crippen MR) is 118 cm³/mol. The van der Waals surface area contributed by atoms with Gasteiger partial charge in [-0.15, -0.1) is 11.3 Å². The van der Waals surface area contributed by atoms with Gasteiger partial charge in [-0.25, -0.2) is 0 Å². The molecule has 162 valence electrons. The monoisotopic (exact) mass is 450 g/mol. The third-order valence-corrected chi connectivity index (χ3v) is 6.12. The van der Waals surface area contributed by atoms with Gasteiger partial charge in [-0.2, -0.15) is 0 Å². The van der Waals surface area contributed by atoms with Crippen molar-refractivity contribution in [3.8, 4) is 5.75 Å². The Morgan fingerprint density at radius 2 is 1.91 bits per heavy atom. The maximum absolute atomic E-state index is 13.0. The van der Waals surface area contributed by atoms with Crippen LogP contribution in [0.1, 0.15) is 22.0 Å². The van der Waals surface area contributed by atoms with Crippen LogP contribution >= 0.6 is 11.3 Å². The lowest BCUT2D eigenvalue weighted by molar-refractivity contribution is -0.384. The minimum Gasteiger partial charge on any atom is -0.507 e. The zero-order valence-corrected chi connectivity index (χ0v) is 17.7. The summed E-state index contributed by atoms with van der Waals surface area (Å²) in [7, 11) is 1.55. The molecule has 4 rings (SSSR count). The van der Waals surface area contributed by atoms with Crippen molar-refractivity contribution in [3.63, 3.8) is 0 Å². The van der Waals surface area contributed by atoms with Crippen LogP contribution in [0.4, 0.5) is 5.69 Å². The molecule has 0 spiro atoms.